The van der Waals surface area contributed by atoms with Crippen molar-refractivity contribution in [2.45, 2.75) is 6.18 Å². The summed E-state index contributed by atoms with van der Waals surface area (Å²) in [4.78, 5) is 14.7. The molecule has 0 radical (unpaired) electrons. The molecular weight excluding hydrogens is 471 g/mol. The predicted molar refractivity (Wildman–Crippen MR) is 119 cm³/mol. The average molecular weight is 490 g/mol. The molecule has 3 rings (SSSR count). The predicted octanol–water partition coefficient (Wildman–Crippen LogP) is 6.26. The van der Waals surface area contributed by atoms with Crippen molar-refractivity contribution in [1.29, 1.82) is 0 Å². The fourth-order valence-electron chi connectivity index (χ4n) is 3.14. The van der Waals surface area contributed by atoms with E-state index in [-0.39, 0.29) is 6.54 Å². The van der Waals surface area contributed by atoms with Crippen molar-refractivity contribution in [3.8, 4) is 11.1 Å². The van der Waals surface area contributed by atoms with Gasteiger partial charge in [-0.25, -0.2) is 0 Å². The van der Waals surface area contributed by atoms with Gasteiger partial charge in [-0.1, -0.05) is 71.1 Å². The summed E-state index contributed by atoms with van der Waals surface area (Å²) >= 11 is 3.39. The Labute approximate surface area is 186 Å². The second kappa shape index (κ2) is 9.34. The highest BCUT2D eigenvalue weighted by atomic mass is 79.9. The highest BCUT2D eigenvalue weighted by Gasteiger charge is 2.40. The third kappa shape index (κ3) is 5.14. The van der Waals surface area contributed by atoms with Crippen LogP contribution in [0.2, 0.25) is 0 Å². The number of allylic oxidation sites excluding steroid dienone is 2. The first-order valence-corrected chi connectivity index (χ1v) is 10.1. The van der Waals surface area contributed by atoms with Crippen molar-refractivity contribution < 1.29 is 18.0 Å². The van der Waals surface area contributed by atoms with Crippen LogP contribution in [0.5, 0.6) is 0 Å². The Morgan fingerprint density at radius 3 is 2.52 bits per heavy atom. The highest BCUT2D eigenvalue weighted by Crippen LogP contribution is 2.35. The van der Waals surface area contributed by atoms with Crippen LogP contribution in [-0.2, 0) is 13.2 Å². The normalized spacial score (nSPS) is 11.6. The number of anilines is 1. The van der Waals surface area contributed by atoms with Gasteiger partial charge in [0.25, 0.3) is 5.91 Å². The Kier molecular flexibility index (Phi) is 6.80. The molecule has 1 aromatic heterocycles. The van der Waals surface area contributed by atoms with E-state index in [0.717, 1.165) is 20.9 Å². The summed E-state index contributed by atoms with van der Waals surface area (Å²) in [5, 5.41) is 3.47. The summed E-state index contributed by atoms with van der Waals surface area (Å²) in [5.41, 5.74) is 0.311. The van der Waals surface area contributed by atoms with Crippen LogP contribution < -0.4 is 4.90 Å². The van der Waals surface area contributed by atoms with Crippen LogP contribution in [0.3, 0.4) is 0 Å². The fraction of sp³-hybridized carbons (Fsp3) is 0.130. The molecule has 0 spiro atoms. The lowest BCUT2D eigenvalue weighted by Gasteiger charge is -2.24. The van der Waals surface area contributed by atoms with Crippen molar-refractivity contribution in [2.24, 2.45) is 7.05 Å². The summed E-state index contributed by atoms with van der Waals surface area (Å²) in [6.07, 6.45) is 1.18. The largest absolute Gasteiger partial charge is 0.435 e. The van der Waals surface area contributed by atoms with E-state index in [1.165, 1.54) is 18.0 Å². The second-order valence-electron chi connectivity index (χ2n) is 6.67. The molecule has 0 saturated carbocycles. The van der Waals surface area contributed by atoms with Gasteiger partial charge in [0.2, 0.25) is 0 Å². The zero-order chi connectivity index (χ0) is 22.6. The van der Waals surface area contributed by atoms with Gasteiger partial charge in [0.05, 0.1) is 11.3 Å². The number of alkyl halides is 3. The van der Waals surface area contributed by atoms with Crippen molar-refractivity contribution in [1.82, 2.24) is 9.78 Å². The Morgan fingerprint density at radius 2 is 1.87 bits per heavy atom. The van der Waals surface area contributed by atoms with Gasteiger partial charge in [-0.3, -0.25) is 9.48 Å². The summed E-state index contributed by atoms with van der Waals surface area (Å²) in [6.45, 7) is 3.66. The topological polar surface area (TPSA) is 38.1 Å². The van der Waals surface area contributed by atoms with Crippen molar-refractivity contribution in [2.75, 3.05) is 11.4 Å². The Morgan fingerprint density at radius 1 is 1.19 bits per heavy atom. The van der Waals surface area contributed by atoms with Gasteiger partial charge in [0, 0.05) is 29.8 Å². The zero-order valence-corrected chi connectivity index (χ0v) is 18.2. The summed E-state index contributed by atoms with van der Waals surface area (Å²) in [5.74, 6) is -0.793. The van der Waals surface area contributed by atoms with E-state index in [1.54, 1.807) is 24.3 Å². The fourth-order valence-corrected chi connectivity index (χ4v) is 3.40. The molecule has 4 nitrogen and oxygen atoms in total. The number of amides is 1. The maximum absolute atomic E-state index is 13.5. The van der Waals surface area contributed by atoms with E-state index in [2.05, 4.69) is 27.6 Å². The van der Waals surface area contributed by atoms with Crippen molar-refractivity contribution >= 4 is 27.5 Å². The van der Waals surface area contributed by atoms with Crippen LogP contribution in [-0.4, -0.2) is 22.2 Å². The molecule has 0 fully saturated rings. The standard InChI is InChI=1S/C23H19BrF3N3O/c1-3-4-7-14-30(22(31)19-15-29(2)28-21(19)23(25,26)27)20-9-6-5-8-18(20)16-10-12-17(24)13-11-16/h3-13,15H,1,14H2,2H3/b7-4-. The molecule has 2 aromatic carbocycles. The number of hydrogen-bond donors (Lipinski definition) is 0. The quantitative estimate of drug-likeness (QED) is 0.383. The number of benzene rings is 2. The van der Waals surface area contributed by atoms with E-state index in [0.29, 0.717) is 11.3 Å². The maximum atomic E-state index is 13.5. The lowest BCUT2D eigenvalue weighted by Crippen LogP contribution is -2.33. The molecule has 0 aliphatic heterocycles. The second-order valence-corrected chi connectivity index (χ2v) is 7.58. The van der Waals surface area contributed by atoms with Crippen LogP contribution in [0, 0.1) is 0 Å². The van der Waals surface area contributed by atoms with Gasteiger partial charge >= 0.3 is 6.18 Å². The summed E-state index contributed by atoms with van der Waals surface area (Å²) in [6, 6.07) is 14.5. The zero-order valence-electron chi connectivity index (χ0n) is 16.6. The van der Waals surface area contributed by atoms with Gasteiger partial charge in [-0.2, -0.15) is 18.3 Å². The monoisotopic (exact) mass is 489 g/mol. The van der Waals surface area contributed by atoms with E-state index in [4.69, 9.17) is 0 Å². The number of nitrogens with zero attached hydrogens (tertiary/aromatic N) is 3. The molecule has 8 heteroatoms. The number of aromatic nitrogens is 2. The van der Waals surface area contributed by atoms with Crippen molar-refractivity contribution in [3.63, 3.8) is 0 Å². The van der Waals surface area contributed by atoms with Crippen LogP contribution in [0.25, 0.3) is 11.1 Å². The lowest BCUT2D eigenvalue weighted by atomic mass is 10.0. The lowest BCUT2D eigenvalue weighted by molar-refractivity contribution is -0.141. The first-order valence-electron chi connectivity index (χ1n) is 9.27. The molecule has 1 heterocycles. The van der Waals surface area contributed by atoms with Crippen LogP contribution in [0.1, 0.15) is 16.1 Å². The molecule has 0 atom stereocenters. The number of rotatable bonds is 6. The van der Waals surface area contributed by atoms with Crippen LogP contribution >= 0.6 is 15.9 Å². The molecule has 3 aromatic rings. The van der Waals surface area contributed by atoms with Gasteiger partial charge in [-0.05, 0) is 23.8 Å². The number of para-hydroxylation sites is 1. The van der Waals surface area contributed by atoms with E-state index >= 15 is 0 Å². The number of hydrogen-bond acceptors (Lipinski definition) is 2. The third-order valence-corrected chi connectivity index (χ3v) is 5.01. The average Bonchev–Trinajstić information content (AvgIpc) is 3.14. The van der Waals surface area contributed by atoms with E-state index in [9.17, 15) is 18.0 Å². The van der Waals surface area contributed by atoms with Gasteiger partial charge in [0.15, 0.2) is 5.69 Å². The number of carbonyl (C=O) groups excluding carboxylic acids is 1. The number of halogens is 4. The van der Waals surface area contributed by atoms with Gasteiger partial charge < -0.3 is 4.90 Å². The molecule has 0 N–H and O–H groups in total. The third-order valence-electron chi connectivity index (χ3n) is 4.48. The Hall–Kier alpha value is -3.13. The van der Waals surface area contributed by atoms with Crippen LogP contribution in [0.15, 0.2) is 84.0 Å². The molecular formula is C23H19BrF3N3O. The van der Waals surface area contributed by atoms with Crippen LogP contribution in [0.4, 0.5) is 18.9 Å². The smallest absolute Gasteiger partial charge is 0.304 e. The van der Waals surface area contributed by atoms with E-state index < -0.39 is 23.3 Å². The molecule has 160 valence electrons. The minimum Gasteiger partial charge on any atom is -0.304 e. The molecule has 31 heavy (non-hydrogen) atoms. The minimum atomic E-state index is -4.75. The highest BCUT2D eigenvalue weighted by molar-refractivity contribution is 9.10. The molecule has 0 unspecified atom stereocenters. The van der Waals surface area contributed by atoms with E-state index in [1.807, 2.05) is 36.4 Å². The molecule has 0 bridgehead atoms. The first-order chi connectivity index (χ1) is 14.7. The van der Waals surface area contributed by atoms with Gasteiger partial charge in [-0.15, -0.1) is 0 Å². The number of carbonyl (C=O) groups is 1. The Balaban J connectivity index is 2.14. The SMILES string of the molecule is C=C/C=C\CN(C(=O)c1cn(C)nc1C(F)(F)F)c1ccccc1-c1ccc(Br)cc1. The Bertz CT molecular complexity index is 1120. The molecule has 0 saturated heterocycles. The van der Waals surface area contributed by atoms with Gasteiger partial charge in [0.1, 0.15) is 0 Å². The summed E-state index contributed by atoms with van der Waals surface area (Å²) in [7, 11) is 1.35. The minimum absolute atomic E-state index is 0.0601. The summed E-state index contributed by atoms with van der Waals surface area (Å²) < 4.78 is 42.4. The first kappa shape index (κ1) is 22.6. The van der Waals surface area contributed by atoms with Crippen molar-refractivity contribution in [3.05, 3.63) is 95.3 Å². The molecule has 0 aliphatic carbocycles. The molecule has 0 aliphatic rings. The number of aryl methyl sites for hydroxylation is 1. The molecule has 1 amide bonds. The maximum Gasteiger partial charge on any atom is 0.435 e.